The van der Waals surface area contributed by atoms with Gasteiger partial charge in [-0.05, 0) is 34.7 Å². The molecule has 6 heteroatoms. The van der Waals surface area contributed by atoms with E-state index in [0.29, 0.717) is 26.2 Å². The second-order valence-electron chi connectivity index (χ2n) is 7.13. The Balaban J connectivity index is 2.13. The fourth-order valence-electron chi connectivity index (χ4n) is 3.35. The van der Waals surface area contributed by atoms with E-state index in [0.717, 1.165) is 6.54 Å². The van der Waals surface area contributed by atoms with Crippen LogP contribution in [0.1, 0.15) is 27.7 Å². The molecule has 6 nitrogen and oxygen atoms in total. The number of carbonyl (C=O) groups is 2. The Morgan fingerprint density at radius 3 is 2.48 bits per heavy atom. The predicted molar refractivity (Wildman–Crippen MR) is 77.9 cm³/mol. The van der Waals surface area contributed by atoms with Crippen molar-refractivity contribution in [3.8, 4) is 0 Å². The molecule has 2 aliphatic rings. The highest BCUT2D eigenvalue weighted by atomic mass is 16.6. The molecule has 2 heterocycles. The van der Waals surface area contributed by atoms with E-state index >= 15 is 0 Å². The zero-order valence-electron chi connectivity index (χ0n) is 13.6. The first kappa shape index (κ1) is 16.1. The summed E-state index contributed by atoms with van der Waals surface area (Å²) in [5.41, 5.74) is -1.12. The largest absolute Gasteiger partial charge is 0.465 e. The van der Waals surface area contributed by atoms with Crippen LogP contribution in [0.3, 0.4) is 0 Å². The van der Waals surface area contributed by atoms with Crippen LogP contribution < -0.4 is 0 Å². The number of likely N-dealkylation sites (tertiary alicyclic amines) is 2. The highest BCUT2D eigenvalue weighted by molar-refractivity contribution is 5.81. The minimum absolute atomic E-state index is 0.120. The van der Waals surface area contributed by atoms with Crippen molar-refractivity contribution in [3.05, 3.63) is 0 Å². The zero-order valence-corrected chi connectivity index (χ0v) is 13.6. The molecule has 120 valence electrons. The summed E-state index contributed by atoms with van der Waals surface area (Å²) in [6.07, 6.45) is -0.344. The molecule has 0 aliphatic carbocycles. The van der Waals surface area contributed by atoms with Crippen LogP contribution in [0.15, 0.2) is 0 Å². The minimum Gasteiger partial charge on any atom is -0.465 e. The van der Waals surface area contributed by atoms with Gasteiger partial charge in [0.25, 0.3) is 0 Å². The lowest BCUT2D eigenvalue weighted by Crippen LogP contribution is -2.43. The van der Waals surface area contributed by atoms with E-state index in [1.54, 1.807) is 4.90 Å². The number of fused-ring (bicyclic) bond motifs is 1. The van der Waals surface area contributed by atoms with E-state index in [2.05, 4.69) is 4.90 Å². The summed E-state index contributed by atoms with van der Waals surface area (Å²) in [6.45, 7) is 10.1. The normalized spacial score (nSPS) is 29.4. The van der Waals surface area contributed by atoms with Gasteiger partial charge in [-0.15, -0.1) is 0 Å². The van der Waals surface area contributed by atoms with Gasteiger partial charge in [0.05, 0.1) is 6.61 Å². The van der Waals surface area contributed by atoms with E-state index in [-0.39, 0.29) is 18.0 Å². The smallest absolute Gasteiger partial charge is 0.410 e. The Labute approximate surface area is 126 Å². The fourth-order valence-corrected chi connectivity index (χ4v) is 3.35. The molecule has 1 amide bonds. The molecule has 0 aromatic carbocycles. The molecule has 0 bridgehead atoms. The molecule has 0 N–H and O–H groups in total. The minimum atomic E-state index is -0.596. The van der Waals surface area contributed by atoms with E-state index in [1.807, 2.05) is 34.7 Å². The Morgan fingerprint density at radius 2 is 1.90 bits per heavy atom. The van der Waals surface area contributed by atoms with Gasteiger partial charge in [0.1, 0.15) is 11.0 Å². The van der Waals surface area contributed by atoms with Gasteiger partial charge in [0, 0.05) is 32.1 Å². The molecule has 21 heavy (non-hydrogen) atoms. The van der Waals surface area contributed by atoms with Crippen molar-refractivity contribution in [2.45, 2.75) is 33.3 Å². The second-order valence-corrected chi connectivity index (χ2v) is 7.13. The number of ether oxygens (including phenoxy) is 2. The molecule has 0 aromatic rings. The molecule has 2 rings (SSSR count). The number of carbonyl (C=O) groups excluding carboxylic acids is 2. The van der Waals surface area contributed by atoms with Crippen LogP contribution in [0.25, 0.3) is 0 Å². The first-order chi connectivity index (χ1) is 9.68. The van der Waals surface area contributed by atoms with Crippen LogP contribution in [0, 0.1) is 11.3 Å². The number of amides is 1. The Kier molecular flexibility index (Phi) is 4.19. The average Bonchev–Trinajstić information content (AvgIpc) is 2.80. The average molecular weight is 298 g/mol. The van der Waals surface area contributed by atoms with Gasteiger partial charge >= 0.3 is 12.1 Å². The van der Waals surface area contributed by atoms with Crippen molar-refractivity contribution in [1.82, 2.24) is 9.80 Å². The third-order valence-electron chi connectivity index (χ3n) is 4.11. The van der Waals surface area contributed by atoms with Gasteiger partial charge in [-0.1, -0.05) is 0 Å². The predicted octanol–water partition coefficient (Wildman–Crippen LogP) is 1.35. The van der Waals surface area contributed by atoms with Gasteiger partial charge in [-0.25, -0.2) is 4.79 Å². The van der Waals surface area contributed by atoms with Crippen molar-refractivity contribution in [2.24, 2.45) is 11.3 Å². The molecular formula is C15H26N2O4. The van der Waals surface area contributed by atoms with Crippen LogP contribution in [0.4, 0.5) is 4.79 Å². The van der Waals surface area contributed by atoms with E-state index in [9.17, 15) is 9.59 Å². The molecule has 2 atom stereocenters. The lowest BCUT2D eigenvalue weighted by molar-refractivity contribution is -0.155. The molecular weight excluding hydrogens is 272 g/mol. The SMILES string of the molecule is CCOC(=O)C12CN(C)CC1CN(C(=O)OC(C)(C)C)C2. The number of hydrogen-bond donors (Lipinski definition) is 0. The summed E-state index contributed by atoms with van der Waals surface area (Å²) in [7, 11) is 2.00. The van der Waals surface area contributed by atoms with Crippen molar-refractivity contribution in [2.75, 3.05) is 39.8 Å². The molecule has 2 aliphatic heterocycles. The summed E-state index contributed by atoms with van der Waals surface area (Å²) < 4.78 is 10.7. The van der Waals surface area contributed by atoms with Crippen molar-refractivity contribution >= 4 is 12.1 Å². The lowest BCUT2D eigenvalue weighted by Gasteiger charge is -2.28. The highest BCUT2D eigenvalue weighted by Gasteiger charge is 2.58. The monoisotopic (exact) mass is 298 g/mol. The quantitative estimate of drug-likeness (QED) is 0.720. The van der Waals surface area contributed by atoms with Crippen molar-refractivity contribution in [1.29, 1.82) is 0 Å². The van der Waals surface area contributed by atoms with Crippen LogP contribution in [-0.2, 0) is 14.3 Å². The maximum atomic E-state index is 12.4. The van der Waals surface area contributed by atoms with Gasteiger partial charge in [-0.2, -0.15) is 0 Å². The molecule has 2 unspecified atom stereocenters. The van der Waals surface area contributed by atoms with Crippen LogP contribution in [0.5, 0.6) is 0 Å². The maximum Gasteiger partial charge on any atom is 0.410 e. The molecule has 2 saturated heterocycles. The summed E-state index contributed by atoms with van der Waals surface area (Å²) in [5, 5.41) is 0. The summed E-state index contributed by atoms with van der Waals surface area (Å²) in [4.78, 5) is 28.4. The van der Waals surface area contributed by atoms with E-state index in [1.165, 1.54) is 0 Å². The van der Waals surface area contributed by atoms with Gasteiger partial charge in [-0.3, -0.25) is 4.79 Å². The van der Waals surface area contributed by atoms with Crippen LogP contribution >= 0.6 is 0 Å². The first-order valence-corrected chi connectivity index (χ1v) is 7.51. The second kappa shape index (κ2) is 5.48. The number of nitrogens with zero attached hydrogens (tertiary/aromatic N) is 2. The van der Waals surface area contributed by atoms with Crippen molar-refractivity contribution < 1.29 is 19.1 Å². The number of hydrogen-bond acceptors (Lipinski definition) is 5. The van der Waals surface area contributed by atoms with Gasteiger partial charge in [0.2, 0.25) is 0 Å². The van der Waals surface area contributed by atoms with Gasteiger partial charge in [0.15, 0.2) is 0 Å². The first-order valence-electron chi connectivity index (χ1n) is 7.51. The molecule has 2 fully saturated rings. The zero-order chi connectivity index (χ0) is 15.8. The third-order valence-corrected chi connectivity index (χ3v) is 4.11. The highest BCUT2D eigenvalue weighted by Crippen LogP contribution is 2.43. The van der Waals surface area contributed by atoms with E-state index < -0.39 is 11.0 Å². The molecule has 0 spiro atoms. The maximum absolute atomic E-state index is 12.4. The topological polar surface area (TPSA) is 59.1 Å². The third kappa shape index (κ3) is 3.15. The Bertz CT molecular complexity index is 432. The standard InChI is InChI=1S/C15H26N2O4/c1-6-20-12(18)15-9-16(5)7-11(15)8-17(10-15)13(19)21-14(2,3)4/h11H,6-10H2,1-5H3. The van der Waals surface area contributed by atoms with Crippen LogP contribution in [0.2, 0.25) is 0 Å². The van der Waals surface area contributed by atoms with Crippen LogP contribution in [-0.4, -0.2) is 67.3 Å². The molecule has 0 radical (unpaired) electrons. The number of rotatable bonds is 2. The molecule has 0 aromatic heterocycles. The number of esters is 1. The Morgan fingerprint density at radius 1 is 1.24 bits per heavy atom. The Hall–Kier alpha value is -1.30. The van der Waals surface area contributed by atoms with Gasteiger partial charge < -0.3 is 19.3 Å². The fraction of sp³-hybridized carbons (Fsp3) is 0.867. The summed E-state index contributed by atoms with van der Waals surface area (Å²) in [6, 6.07) is 0. The summed E-state index contributed by atoms with van der Waals surface area (Å²) in [5.74, 6) is -0.0699. The van der Waals surface area contributed by atoms with E-state index in [4.69, 9.17) is 9.47 Å². The lowest BCUT2D eigenvalue weighted by atomic mass is 9.81. The summed E-state index contributed by atoms with van der Waals surface area (Å²) >= 11 is 0. The van der Waals surface area contributed by atoms with Crippen molar-refractivity contribution in [3.63, 3.8) is 0 Å². The molecule has 0 saturated carbocycles.